The fourth-order valence-electron chi connectivity index (χ4n) is 2.74. The molecular formula is C20H16Br2ClFN2O. The summed E-state index contributed by atoms with van der Waals surface area (Å²) in [6.45, 7) is 1.75. The fourth-order valence-corrected chi connectivity index (χ4v) is 3.54. The van der Waals surface area contributed by atoms with Crippen molar-refractivity contribution in [2.75, 3.05) is 5.32 Å². The van der Waals surface area contributed by atoms with Crippen molar-refractivity contribution in [3.8, 4) is 0 Å². The van der Waals surface area contributed by atoms with Crippen LogP contribution in [0.4, 0.5) is 10.1 Å². The summed E-state index contributed by atoms with van der Waals surface area (Å²) in [7, 11) is 0. The van der Waals surface area contributed by atoms with E-state index in [0.717, 1.165) is 14.5 Å². The van der Waals surface area contributed by atoms with Gasteiger partial charge in [-0.2, -0.15) is 0 Å². The van der Waals surface area contributed by atoms with Crippen LogP contribution in [0.2, 0.25) is 5.15 Å². The normalized spacial score (nSPS) is 22.1. The van der Waals surface area contributed by atoms with Crippen LogP contribution in [-0.2, 0) is 4.79 Å². The van der Waals surface area contributed by atoms with E-state index in [1.807, 2.05) is 18.2 Å². The number of anilines is 1. The first-order chi connectivity index (χ1) is 12.8. The predicted octanol–water partition coefficient (Wildman–Crippen LogP) is 6.60. The van der Waals surface area contributed by atoms with Crippen LogP contribution in [0.1, 0.15) is 24.8 Å². The highest BCUT2D eigenvalue weighted by Gasteiger charge is 2.54. The predicted molar refractivity (Wildman–Crippen MR) is 114 cm³/mol. The Kier molecular flexibility index (Phi) is 6.18. The topological polar surface area (TPSA) is 42.0 Å². The van der Waals surface area contributed by atoms with Crippen LogP contribution in [0.15, 0.2) is 69.3 Å². The van der Waals surface area contributed by atoms with Gasteiger partial charge in [0.1, 0.15) is 5.67 Å². The average Bonchev–Trinajstić information content (AvgIpc) is 3.30. The van der Waals surface area contributed by atoms with E-state index >= 15 is 0 Å². The molecule has 0 aliphatic heterocycles. The van der Waals surface area contributed by atoms with Crippen molar-refractivity contribution in [2.45, 2.75) is 24.9 Å². The Hall–Kier alpha value is -1.50. The number of carbonyl (C=O) groups is 1. The second-order valence-electron chi connectivity index (χ2n) is 6.41. The summed E-state index contributed by atoms with van der Waals surface area (Å²) in [5.41, 5.74) is 0.642. The molecule has 0 bridgehead atoms. The standard InChI is InChI=1S/C20H16Br2ClFN2O/c1-12(9-18(27)26-17-3-2-8-25-19(17)23)6-7-20(24)11-14(20)13-4-5-15(21)16(22)10-13/h2-10,14H,11H2,1H3,(H,26,27)/b7-6+,12-9+. The Balaban J connectivity index is 1.63. The molecule has 0 spiro atoms. The Labute approximate surface area is 179 Å². The monoisotopic (exact) mass is 512 g/mol. The number of nitrogens with zero attached hydrogens (tertiary/aromatic N) is 1. The summed E-state index contributed by atoms with van der Waals surface area (Å²) in [4.78, 5) is 16.0. The maximum Gasteiger partial charge on any atom is 0.248 e. The van der Waals surface area contributed by atoms with Crippen LogP contribution < -0.4 is 5.32 Å². The minimum absolute atomic E-state index is 0.172. The molecule has 2 atom stereocenters. The van der Waals surface area contributed by atoms with E-state index in [-0.39, 0.29) is 17.0 Å². The number of halogens is 4. The summed E-state index contributed by atoms with van der Waals surface area (Å²) < 4.78 is 16.8. The van der Waals surface area contributed by atoms with Crippen molar-refractivity contribution < 1.29 is 9.18 Å². The zero-order valence-corrected chi connectivity index (χ0v) is 18.3. The summed E-state index contributed by atoms with van der Waals surface area (Å²) in [5.74, 6) is -0.516. The van der Waals surface area contributed by atoms with Crippen LogP contribution in [0.3, 0.4) is 0 Å². The summed E-state index contributed by atoms with van der Waals surface area (Å²) in [5, 5.41) is 2.87. The van der Waals surface area contributed by atoms with Crippen molar-refractivity contribution in [3.63, 3.8) is 0 Å². The molecule has 1 saturated carbocycles. The van der Waals surface area contributed by atoms with Gasteiger partial charge in [0.2, 0.25) is 5.91 Å². The van der Waals surface area contributed by atoms with Gasteiger partial charge in [-0.3, -0.25) is 4.79 Å². The Bertz CT molecular complexity index is 947. The molecule has 0 saturated heterocycles. The first-order valence-electron chi connectivity index (χ1n) is 8.21. The number of hydrogen-bond acceptors (Lipinski definition) is 2. The number of alkyl halides is 1. The minimum atomic E-state index is -1.38. The lowest BCUT2D eigenvalue weighted by Crippen LogP contribution is -2.09. The number of allylic oxidation sites excluding steroid dienone is 3. The molecule has 1 N–H and O–H groups in total. The van der Waals surface area contributed by atoms with Gasteiger partial charge in [-0.15, -0.1) is 0 Å². The highest BCUT2D eigenvalue weighted by molar-refractivity contribution is 9.13. The van der Waals surface area contributed by atoms with Gasteiger partial charge < -0.3 is 5.32 Å². The molecule has 1 aliphatic rings. The van der Waals surface area contributed by atoms with Crippen LogP contribution in [0.5, 0.6) is 0 Å². The first kappa shape index (κ1) is 20.2. The molecule has 140 valence electrons. The molecule has 27 heavy (non-hydrogen) atoms. The Morgan fingerprint density at radius 2 is 2.15 bits per heavy atom. The zero-order valence-electron chi connectivity index (χ0n) is 14.3. The molecule has 3 rings (SSSR count). The van der Waals surface area contributed by atoms with Crippen LogP contribution in [0, 0.1) is 0 Å². The highest BCUT2D eigenvalue weighted by atomic mass is 79.9. The SMILES string of the molecule is CC(/C=C/C1(F)CC1c1ccc(Br)c(Br)c1)=C\C(=O)Nc1cccnc1Cl. The van der Waals surface area contributed by atoms with Gasteiger partial charge in [0.05, 0.1) is 5.69 Å². The number of benzene rings is 1. The maximum absolute atomic E-state index is 14.9. The number of pyridine rings is 1. The number of amides is 1. The summed E-state index contributed by atoms with van der Waals surface area (Å²) in [6, 6.07) is 9.09. The highest BCUT2D eigenvalue weighted by Crippen LogP contribution is 2.56. The average molecular weight is 515 g/mol. The third-order valence-electron chi connectivity index (χ3n) is 4.28. The fraction of sp³-hybridized carbons (Fsp3) is 0.200. The van der Waals surface area contributed by atoms with Gasteiger partial charge in [-0.05, 0) is 86.7 Å². The first-order valence-corrected chi connectivity index (χ1v) is 10.2. The molecule has 2 aromatic rings. The van der Waals surface area contributed by atoms with Crippen LogP contribution in [0.25, 0.3) is 0 Å². The number of nitrogens with one attached hydrogen (secondary N) is 1. The third-order valence-corrected chi connectivity index (χ3v) is 6.46. The molecule has 0 radical (unpaired) electrons. The second kappa shape index (κ2) is 8.25. The molecule has 3 nitrogen and oxygen atoms in total. The van der Waals surface area contributed by atoms with Crippen molar-refractivity contribution >= 4 is 55.1 Å². The second-order valence-corrected chi connectivity index (χ2v) is 8.48. The molecule has 1 fully saturated rings. The van der Waals surface area contributed by atoms with E-state index in [1.165, 1.54) is 12.2 Å². The van der Waals surface area contributed by atoms with E-state index in [9.17, 15) is 9.18 Å². The van der Waals surface area contributed by atoms with E-state index in [2.05, 4.69) is 42.2 Å². The maximum atomic E-state index is 14.9. The molecule has 2 unspecified atom stereocenters. The van der Waals surface area contributed by atoms with Gasteiger partial charge in [0.15, 0.2) is 5.15 Å². The lowest BCUT2D eigenvalue weighted by molar-refractivity contribution is -0.111. The summed E-state index contributed by atoms with van der Waals surface area (Å²) in [6.07, 6.45) is 6.54. The van der Waals surface area contributed by atoms with Crippen molar-refractivity contribution in [1.82, 2.24) is 4.98 Å². The number of aromatic nitrogens is 1. The largest absolute Gasteiger partial charge is 0.320 e. The van der Waals surface area contributed by atoms with Crippen molar-refractivity contribution in [1.29, 1.82) is 0 Å². The van der Waals surface area contributed by atoms with E-state index in [4.69, 9.17) is 11.6 Å². The number of rotatable bonds is 5. The zero-order chi connectivity index (χ0) is 19.6. The molecular weight excluding hydrogens is 498 g/mol. The lowest BCUT2D eigenvalue weighted by atomic mass is 10.1. The van der Waals surface area contributed by atoms with Crippen molar-refractivity contribution in [3.05, 3.63) is 80.0 Å². The Morgan fingerprint density at radius 1 is 1.37 bits per heavy atom. The summed E-state index contributed by atoms with van der Waals surface area (Å²) >= 11 is 12.8. The van der Waals surface area contributed by atoms with E-state index in [1.54, 1.807) is 31.3 Å². The van der Waals surface area contributed by atoms with Gasteiger partial charge in [0.25, 0.3) is 0 Å². The number of hydrogen-bond donors (Lipinski definition) is 1. The molecule has 7 heteroatoms. The van der Waals surface area contributed by atoms with Crippen LogP contribution in [-0.4, -0.2) is 16.6 Å². The Morgan fingerprint density at radius 3 is 2.85 bits per heavy atom. The van der Waals surface area contributed by atoms with Gasteiger partial charge in [0, 0.05) is 27.1 Å². The number of carbonyl (C=O) groups excluding carboxylic acids is 1. The van der Waals surface area contributed by atoms with E-state index in [0.29, 0.717) is 17.7 Å². The van der Waals surface area contributed by atoms with Gasteiger partial charge in [-0.25, -0.2) is 9.37 Å². The lowest BCUT2D eigenvalue weighted by Gasteiger charge is -2.05. The van der Waals surface area contributed by atoms with Gasteiger partial charge >= 0.3 is 0 Å². The minimum Gasteiger partial charge on any atom is -0.320 e. The quantitative estimate of drug-likeness (QED) is 0.278. The van der Waals surface area contributed by atoms with E-state index < -0.39 is 5.67 Å². The molecule has 1 aromatic heterocycles. The third kappa shape index (κ3) is 5.06. The van der Waals surface area contributed by atoms with Crippen molar-refractivity contribution in [2.24, 2.45) is 0 Å². The van der Waals surface area contributed by atoms with Gasteiger partial charge in [-0.1, -0.05) is 23.7 Å². The molecule has 1 heterocycles. The molecule has 1 amide bonds. The van der Waals surface area contributed by atoms with Crippen LogP contribution >= 0.6 is 43.5 Å². The molecule has 1 aliphatic carbocycles. The molecule has 1 aromatic carbocycles. The smallest absolute Gasteiger partial charge is 0.248 e.